The van der Waals surface area contributed by atoms with E-state index in [4.69, 9.17) is 0 Å². The Hall–Kier alpha value is -1.42. The van der Waals surface area contributed by atoms with Crippen LogP contribution in [0.4, 0.5) is 4.39 Å². The third-order valence-electron chi connectivity index (χ3n) is 2.90. The van der Waals surface area contributed by atoms with E-state index in [0.717, 1.165) is 13.0 Å². The first-order chi connectivity index (χ1) is 7.27. The zero-order valence-corrected chi connectivity index (χ0v) is 8.15. The molecule has 1 aliphatic rings. The van der Waals surface area contributed by atoms with Crippen LogP contribution in [0.15, 0.2) is 18.2 Å². The minimum absolute atomic E-state index is 0.264. The number of fused-ring (bicyclic) bond motifs is 3. The summed E-state index contributed by atoms with van der Waals surface area (Å²) in [5.74, 6) is 0.335. The molecule has 0 radical (unpaired) electrons. The van der Waals surface area contributed by atoms with Crippen molar-refractivity contribution < 1.29 is 9.50 Å². The van der Waals surface area contributed by atoms with Gasteiger partial charge in [0.05, 0.1) is 5.52 Å². The number of para-hydroxylation sites is 1. The SMILES string of the molecule is OC1CCCn2c1nc1cccc(F)c12. The lowest BCUT2D eigenvalue weighted by molar-refractivity contribution is 0.135. The summed E-state index contributed by atoms with van der Waals surface area (Å²) in [6, 6.07) is 4.85. The molecule has 1 N–H and O–H groups in total. The number of aliphatic hydroxyl groups is 1. The van der Waals surface area contributed by atoms with Gasteiger partial charge in [0.25, 0.3) is 0 Å². The molecule has 0 saturated heterocycles. The topological polar surface area (TPSA) is 38.0 Å². The van der Waals surface area contributed by atoms with Gasteiger partial charge in [0.15, 0.2) is 0 Å². The number of aryl methyl sites for hydroxylation is 1. The summed E-state index contributed by atoms with van der Waals surface area (Å²) in [4.78, 5) is 4.27. The largest absolute Gasteiger partial charge is 0.385 e. The molecule has 3 nitrogen and oxygen atoms in total. The minimum atomic E-state index is -0.550. The number of benzene rings is 1. The molecule has 0 spiro atoms. The quantitative estimate of drug-likeness (QED) is 0.716. The Balaban J connectivity index is 2.36. The van der Waals surface area contributed by atoms with E-state index in [1.54, 1.807) is 16.7 Å². The Kier molecular flexibility index (Phi) is 1.79. The van der Waals surface area contributed by atoms with Crippen molar-refractivity contribution in [2.75, 3.05) is 0 Å². The summed E-state index contributed by atoms with van der Waals surface area (Å²) in [5, 5.41) is 9.75. The Morgan fingerprint density at radius 1 is 1.47 bits per heavy atom. The summed E-state index contributed by atoms with van der Waals surface area (Å²) in [7, 11) is 0. The maximum Gasteiger partial charge on any atom is 0.149 e. The highest BCUT2D eigenvalue weighted by atomic mass is 19.1. The Morgan fingerprint density at radius 3 is 3.20 bits per heavy atom. The third kappa shape index (κ3) is 1.18. The van der Waals surface area contributed by atoms with Gasteiger partial charge in [-0.15, -0.1) is 0 Å². The lowest BCUT2D eigenvalue weighted by atomic mass is 10.1. The monoisotopic (exact) mass is 206 g/mol. The van der Waals surface area contributed by atoms with Crippen molar-refractivity contribution in [1.82, 2.24) is 9.55 Å². The molecule has 1 unspecified atom stereocenters. The molecule has 0 saturated carbocycles. The van der Waals surface area contributed by atoms with Crippen molar-refractivity contribution in [1.29, 1.82) is 0 Å². The van der Waals surface area contributed by atoms with E-state index in [-0.39, 0.29) is 5.82 Å². The predicted octanol–water partition coefficient (Wildman–Crippen LogP) is 2.00. The number of hydrogen-bond acceptors (Lipinski definition) is 2. The van der Waals surface area contributed by atoms with E-state index in [2.05, 4.69) is 4.98 Å². The van der Waals surface area contributed by atoms with Crippen LogP contribution in [-0.4, -0.2) is 14.7 Å². The molecule has 1 aromatic carbocycles. The van der Waals surface area contributed by atoms with Gasteiger partial charge in [-0.3, -0.25) is 0 Å². The van der Waals surface area contributed by atoms with Crippen LogP contribution in [0.25, 0.3) is 11.0 Å². The number of aliphatic hydroxyl groups excluding tert-OH is 1. The number of hydrogen-bond donors (Lipinski definition) is 1. The summed E-state index contributed by atoms with van der Waals surface area (Å²) < 4.78 is 15.4. The van der Waals surface area contributed by atoms with Crippen LogP contribution in [0.1, 0.15) is 24.8 Å². The van der Waals surface area contributed by atoms with Gasteiger partial charge < -0.3 is 9.67 Å². The molecule has 0 bridgehead atoms. The van der Waals surface area contributed by atoms with Crippen LogP contribution in [0.5, 0.6) is 0 Å². The van der Waals surface area contributed by atoms with E-state index in [9.17, 15) is 9.50 Å². The average Bonchev–Trinajstić information content (AvgIpc) is 2.59. The molecule has 3 rings (SSSR count). The van der Waals surface area contributed by atoms with Crippen LogP contribution >= 0.6 is 0 Å². The zero-order valence-electron chi connectivity index (χ0n) is 8.15. The van der Waals surface area contributed by atoms with E-state index in [0.29, 0.717) is 23.3 Å². The first-order valence-corrected chi connectivity index (χ1v) is 5.10. The smallest absolute Gasteiger partial charge is 0.149 e. The van der Waals surface area contributed by atoms with Crippen molar-refractivity contribution in [3.8, 4) is 0 Å². The maximum absolute atomic E-state index is 13.6. The molecule has 1 aliphatic heterocycles. The van der Waals surface area contributed by atoms with Gasteiger partial charge in [-0.25, -0.2) is 9.37 Å². The number of halogens is 1. The molecule has 15 heavy (non-hydrogen) atoms. The van der Waals surface area contributed by atoms with Crippen LogP contribution in [0, 0.1) is 5.82 Å². The Labute approximate surface area is 86.2 Å². The van der Waals surface area contributed by atoms with E-state index in [1.807, 2.05) is 0 Å². The molecule has 0 amide bonds. The van der Waals surface area contributed by atoms with Crippen molar-refractivity contribution in [3.05, 3.63) is 29.8 Å². The maximum atomic E-state index is 13.6. The van der Waals surface area contributed by atoms with Gasteiger partial charge in [-0.1, -0.05) is 6.07 Å². The molecule has 78 valence electrons. The lowest BCUT2D eigenvalue weighted by Gasteiger charge is -2.19. The second-order valence-electron chi connectivity index (χ2n) is 3.89. The second kappa shape index (κ2) is 3.03. The van der Waals surface area contributed by atoms with E-state index < -0.39 is 6.10 Å². The molecule has 1 aromatic heterocycles. The molecular formula is C11H11FN2O. The fourth-order valence-electron chi connectivity index (χ4n) is 2.21. The van der Waals surface area contributed by atoms with Crippen LogP contribution in [-0.2, 0) is 6.54 Å². The Bertz CT molecular complexity index is 521. The molecule has 0 fully saturated rings. The highest BCUT2D eigenvalue weighted by Gasteiger charge is 2.23. The highest BCUT2D eigenvalue weighted by molar-refractivity contribution is 5.76. The van der Waals surface area contributed by atoms with E-state index in [1.165, 1.54) is 6.07 Å². The van der Waals surface area contributed by atoms with Crippen LogP contribution in [0.2, 0.25) is 0 Å². The van der Waals surface area contributed by atoms with Crippen molar-refractivity contribution >= 4 is 11.0 Å². The van der Waals surface area contributed by atoms with Gasteiger partial charge in [-0.2, -0.15) is 0 Å². The first kappa shape index (κ1) is 8.85. The average molecular weight is 206 g/mol. The number of nitrogens with zero attached hydrogens (tertiary/aromatic N) is 2. The molecule has 0 aliphatic carbocycles. The molecule has 2 aromatic rings. The normalized spacial score (nSPS) is 20.5. The molecular weight excluding hydrogens is 195 g/mol. The zero-order chi connectivity index (χ0) is 10.4. The van der Waals surface area contributed by atoms with Crippen LogP contribution < -0.4 is 0 Å². The first-order valence-electron chi connectivity index (χ1n) is 5.10. The fourth-order valence-corrected chi connectivity index (χ4v) is 2.21. The Morgan fingerprint density at radius 2 is 2.33 bits per heavy atom. The van der Waals surface area contributed by atoms with Gasteiger partial charge >= 0.3 is 0 Å². The summed E-state index contributed by atoms with van der Waals surface area (Å²) in [5.41, 5.74) is 1.15. The number of imidazole rings is 1. The third-order valence-corrected chi connectivity index (χ3v) is 2.90. The predicted molar refractivity (Wildman–Crippen MR) is 53.9 cm³/mol. The van der Waals surface area contributed by atoms with Crippen molar-refractivity contribution in [2.45, 2.75) is 25.5 Å². The van der Waals surface area contributed by atoms with Gasteiger partial charge in [0.2, 0.25) is 0 Å². The minimum Gasteiger partial charge on any atom is -0.385 e. The number of aromatic nitrogens is 2. The lowest BCUT2D eigenvalue weighted by Crippen LogP contribution is -2.15. The van der Waals surface area contributed by atoms with Crippen LogP contribution in [0.3, 0.4) is 0 Å². The molecule has 2 heterocycles. The summed E-state index contributed by atoms with van der Waals surface area (Å²) in [6.45, 7) is 0.740. The van der Waals surface area contributed by atoms with Crippen molar-refractivity contribution in [3.63, 3.8) is 0 Å². The fraction of sp³-hybridized carbons (Fsp3) is 0.364. The second-order valence-corrected chi connectivity index (χ2v) is 3.89. The number of rotatable bonds is 0. The van der Waals surface area contributed by atoms with E-state index >= 15 is 0 Å². The highest BCUT2D eigenvalue weighted by Crippen LogP contribution is 2.29. The molecule has 4 heteroatoms. The summed E-state index contributed by atoms with van der Waals surface area (Å²) in [6.07, 6.45) is 1.03. The molecule has 1 atom stereocenters. The van der Waals surface area contributed by atoms with Gasteiger partial charge in [0, 0.05) is 6.54 Å². The standard InChI is InChI=1S/C11H11FN2O/c12-7-3-1-4-8-10(7)14-6-2-5-9(15)11(14)13-8/h1,3-4,9,15H,2,5-6H2. The van der Waals surface area contributed by atoms with Gasteiger partial charge in [-0.05, 0) is 25.0 Å². The summed E-state index contributed by atoms with van der Waals surface area (Å²) >= 11 is 0. The van der Waals surface area contributed by atoms with Gasteiger partial charge in [0.1, 0.15) is 23.3 Å². The van der Waals surface area contributed by atoms with Crippen molar-refractivity contribution in [2.24, 2.45) is 0 Å².